The Hall–Kier alpha value is -1.37. The van der Waals surface area contributed by atoms with Crippen LogP contribution in [0.1, 0.15) is 24.8 Å². The van der Waals surface area contributed by atoms with E-state index in [0.717, 1.165) is 43.7 Å². The molecule has 24 heavy (non-hydrogen) atoms. The first-order chi connectivity index (χ1) is 11.7. The highest BCUT2D eigenvalue weighted by molar-refractivity contribution is 8.26. The molecule has 0 aliphatic carbocycles. The second-order valence-corrected chi connectivity index (χ2v) is 8.01. The Morgan fingerprint density at radius 2 is 2.21 bits per heavy atom. The third-order valence-corrected chi connectivity index (χ3v) is 6.07. The lowest BCUT2D eigenvalue weighted by molar-refractivity contribution is -0.123. The van der Waals surface area contributed by atoms with Crippen molar-refractivity contribution in [1.82, 2.24) is 4.90 Å². The van der Waals surface area contributed by atoms with Crippen LogP contribution in [0.5, 0.6) is 0 Å². The summed E-state index contributed by atoms with van der Waals surface area (Å²) < 4.78 is 6.30. The summed E-state index contributed by atoms with van der Waals surface area (Å²) in [5.74, 6) is 0.0172. The zero-order valence-corrected chi connectivity index (χ0v) is 15.1. The van der Waals surface area contributed by atoms with E-state index in [1.165, 1.54) is 23.0 Å². The molecule has 1 aromatic carbocycles. The third kappa shape index (κ3) is 3.10. The molecule has 0 radical (unpaired) electrons. The van der Waals surface area contributed by atoms with Crippen LogP contribution in [-0.4, -0.2) is 40.9 Å². The molecule has 3 aliphatic rings. The van der Waals surface area contributed by atoms with Crippen LogP contribution >= 0.6 is 24.0 Å². The maximum Gasteiger partial charge on any atom is 0.267 e. The number of carbonyl (C=O) groups is 1. The molecule has 1 amide bonds. The molecule has 0 N–H and O–H groups in total. The van der Waals surface area contributed by atoms with Crippen molar-refractivity contribution >= 4 is 39.9 Å². The minimum absolute atomic E-state index is 0.0172. The quantitative estimate of drug-likeness (QED) is 0.610. The van der Waals surface area contributed by atoms with Gasteiger partial charge in [0, 0.05) is 25.0 Å². The number of aryl methyl sites for hydroxylation is 1. The monoisotopic (exact) mass is 360 g/mol. The second-order valence-electron chi connectivity index (χ2n) is 6.34. The largest absolute Gasteiger partial charge is 0.376 e. The fraction of sp³-hybridized carbons (Fsp3) is 0.444. The van der Waals surface area contributed by atoms with Crippen molar-refractivity contribution in [2.24, 2.45) is 0 Å². The number of hydrogen-bond donors (Lipinski definition) is 0. The molecule has 0 bridgehead atoms. The van der Waals surface area contributed by atoms with Gasteiger partial charge in [-0.05, 0) is 37.3 Å². The van der Waals surface area contributed by atoms with Gasteiger partial charge in [0.2, 0.25) is 0 Å². The number of thiocarbonyl (C=S) groups is 1. The maximum atomic E-state index is 12.8. The summed E-state index contributed by atoms with van der Waals surface area (Å²) in [6.07, 6.45) is 6.38. The molecule has 0 unspecified atom stereocenters. The van der Waals surface area contributed by atoms with Crippen LogP contribution in [0.2, 0.25) is 0 Å². The lowest BCUT2D eigenvalue weighted by atomic mass is 10.0. The summed E-state index contributed by atoms with van der Waals surface area (Å²) in [6.45, 7) is 2.31. The molecule has 2 saturated heterocycles. The van der Waals surface area contributed by atoms with Crippen molar-refractivity contribution in [3.8, 4) is 0 Å². The summed E-state index contributed by atoms with van der Waals surface area (Å²) in [5.41, 5.74) is 2.54. The molecule has 3 heterocycles. The van der Waals surface area contributed by atoms with E-state index in [4.69, 9.17) is 17.0 Å². The number of para-hydroxylation sites is 1. The number of hydrogen-bond acceptors (Lipinski definition) is 5. The number of benzene rings is 1. The van der Waals surface area contributed by atoms with Gasteiger partial charge >= 0.3 is 0 Å². The van der Waals surface area contributed by atoms with Crippen molar-refractivity contribution in [1.29, 1.82) is 0 Å². The lowest BCUT2D eigenvalue weighted by Gasteiger charge is -2.28. The molecule has 0 aromatic heterocycles. The Morgan fingerprint density at radius 1 is 1.33 bits per heavy atom. The smallest absolute Gasteiger partial charge is 0.267 e. The molecular formula is C18H20N2O2S2. The number of anilines is 1. The summed E-state index contributed by atoms with van der Waals surface area (Å²) in [4.78, 5) is 17.4. The molecule has 0 spiro atoms. The van der Waals surface area contributed by atoms with Crippen LogP contribution in [0.15, 0.2) is 35.4 Å². The number of nitrogens with zero attached hydrogens (tertiary/aromatic N) is 2. The van der Waals surface area contributed by atoms with E-state index in [1.807, 2.05) is 12.3 Å². The molecule has 3 aliphatic heterocycles. The van der Waals surface area contributed by atoms with Gasteiger partial charge < -0.3 is 9.64 Å². The highest BCUT2D eigenvalue weighted by Gasteiger charge is 2.35. The first kappa shape index (κ1) is 16.1. The number of ether oxygens (including phenoxy) is 1. The zero-order chi connectivity index (χ0) is 16.5. The topological polar surface area (TPSA) is 32.8 Å². The van der Waals surface area contributed by atoms with Crippen LogP contribution in [0.3, 0.4) is 0 Å². The minimum atomic E-state index is 0.0172. The van der Waals surface area contributed by atoms with Crippen LogP contribution in [0.25, 0.3) is 0 Å². The van der Waals surface area contributed by atoms with Crippen molar-refractivity contribution in [2.75, 3.05) is 24.6 Å². The second kappa shape index (κ2) is 6.86. The molecule has 1 aromatic rings. The summed E-state index contributed by atoms with van der Waals surface area (Å²) in [5, 5.41) is 0. The number of fused-ring (bicyclic) bond motifs is 1. The Kier molecular flexibility index (Phi) is 4.61. The molecule has 4 rings (SSSR count). The molecular weight excluding hydrogens is 340 g/mol. The SMILES string of the molecule is O=C1/C(=C/N2CCCc3ccccc32)SC(=S)N1C[C@@H]1CCCO1. The Balaban J connectivity index is 1.53. The summed E-state index contributed by atoms with van der Waals surface area (Å²) >= 11 is 6.83. The maximum absolute atomic E-state index is 12.8. The number of amides is 1. The van der Waals surface area contributed by atoms with Crippen LogP contribution < -0.4 is 4.90 Å². The van der Waals surface area contributed by atoms with Crippen molar-refractivity contribution in [3.05, 3.63) is 40.9 Å². The van der Waals surface area contributed by atoms with Crippen LogP contribution in [-0.2, 0) is 16.0 Å². The number of carbonyl (C=O) groups excluding carboxylic acids is 1. The highest BCUT2D eigenvalue weighted by atomic mass is 32.2. The van der Waals surface area contributed by atoms with Gasteiger partial charge in [-0.25, -0.2) is 0 Å². The Labute approximate surface area is 151 Å². The first-order valence-corrected chi connectivity index (χ1v) is 9.66. The molecule has 2 fully saturated rings. The fourth-order valence-corrected chi connectivity index (χ4v) is 4.74. The average molecular weight is 361 g/mol. The van der Waals surface area contributed by atoms with Gasteiger partial charge in [-0.3, -0.25) is 9.69 Å². The zero-order valence-electron chi connectivity index (χ0n) is 13.4. The standard InChI is InChI=1S/C18H20N2O2S2/c21-17-16(24-18(23)20(17)11-14-7-4-10-22-14)12-19-9-3-6-13-5-1-2-8-15(13)19/h1-2,5,8,12,14H,3-4,6-7,9-11H2/b16-12-/t14-/m0/s1. The van der Waals surface area contributed by atoms with E-state index in [0.29, 0.717) is 10.9 Å². The summed E-state index contributed by atoms with van der Waals surface area (Å²) in [6, 6.07) is 8.41. The first-order valence-electron chi connectivity index (χ1n) is 8.44. The van der Waals surface area contributed by atoms with Crippen molar-refractivity contribution < 1.29 is 9.53 Å². The average Bonchev–Trinajstić information content (AvgIpc) is 3.20. The van der Waals surface area contributed by atoms with E-state index in [-0.39, 0.29) is 12.0 Å². The van der Waals surface area contributed by atoms with Gasteiger partial charge in [0.25, 0.3) is 5.91 Å². The van der Waals surface area contributed by atoms with Crippen molar-refractivity contribution in [2.45, 2.75) is 31.8 Å². The molecule has 0 saturated carbocycles. The summed E-state index contributed by atoms with van der Waals surface area (Å²) in [7, 11) is 0. The Morgan fingerprint density at radius 3 is 3.04 bits per heavy atom. The van der Waals surface area contributed by atoms with Gasteiger partial charge in [0.15, 0.2) is 0 Å². The van der Waals surface area contributed by atoms with Gasteiger partial charge in [0.1, 0.15) is 4.32 Å². The van der Waals surface area contributed by atoms with Crippen LogP contribution in [0, 0.1) is 0 Å². The molecule has 1 atom stereocenters. The number of rotatable bonds is 3. The third-order valence-electron chi connectivity index (χ3n) is 4.70. The van der Waals surface area contributed by atoms with E-state index in [2.05, 4.69) is 23.1 Å². The van der Waals surface area contributed by atoms with E-state index in [1.54, 1.807) is 4.90 Å². The van der Waals surface area contributed by atoms with Gasteiger partial charge in [0.05, 0.1) is 17.6 Å². The van der Waals surface area contributed by atoms with E-state index >= 15 is 0 Å². The predicted octanol–water partition coefficient (Wildman–Crippen LogP) is 3.32. The highest BCUT2D eigenvalue weighted by Crippen LogP contribution is 2.35. The Bertz CT molecular complexity index is 698. The lowest BCUT2D eigenvalue weighted by Crippen LogP contribution is -2.35. The van der Waals surface area contributed by atoms with Crippen LogP contribution in [0.4, 0.5) is 5.69 Å². The van der Waals surface area contributed by atoms with E-state index in [9.17, 15) is 4.79 Å². The van der Waals surface area contributed by atoms with Gasteiger partial charge in [-0.15, -0.1) is 0 Å². The van der Waals surface area contributed by atoms with Gasteiger partial charge in [-0.1, -0.05) is 42.2 Å². The molecule has 6 heteroatoms. The number of thioether (sulfide) groups is 1. The predicted molar refractivity (Wildman–Crippen MR) is 101 cm³/mol. The van der Waals surface area contributed by atoms with Crippen molar-refractivity contribution in [3.63, 3.8) is 0 Å². The van der Waals surface area contributed by atoms with Gasteiger partial charge in [-0.2, -0.15) is 0 Å². The molecule has 126 valence electrons. The minimum Gasteiger partial charge on any atom is -0.376 e. The normalized spacial score (nSPS) is 25.7. The van der Waals surface area contributed by atoms with E-state index < -0.39 is 0 Å². The fourth-order valence-electron chi connectivity index (χ4n) is 3.48. The molecule has 4 nitrogen and oxygen atoms in total.